The summed E-state index contributed by atoms with van der Waals surface area (Å²) in [6.45, 7) is 2.57. The van der Waals surface area contributed by atoms with E-state index in [-0.39, 0.29) is 6.61 Å². The number of aromatic amines is 1. The lowest BCUT2D eigenvalue weighted by atomic mass is 10.1. The standard InChI is InChI=1S/C20H20N4O2/c1-14-9-16(11-22-19(14)20-17(10-21)12-23-24-20)13-26-18-6-4-15(5-7-18)3-2-8-25/h4-7,9,11-12,25H,2-3,8,13H2,1H3,(H,23,24). The van der Waals surface area contributed by atoms with Gasteiger partial charge in [0.15, 0.2) is 0 Å². The largest absolute Gasteiger partial charge is 0.489 e. The molecule has 0 aliphatic carbocycles. The predicted octanol–water partition coefficient (Wildman–Crippen LogP) is 3.16. The van der Waals surface area contributed by atoms with Gasteiger partial charge in [0, 0.05) is 18.4 Å². The van der Waals surface area contributed by atoms with Crippen molar-refractivity contribution in [3.8, 4) is 23.2 Å². The third-order valence-electron chi connectivity index (χ3n) is 4.08. The topological polar surface area (TPSA) is 94.8 Å². The molecule has 0 radical (unpaired) electrons. The van der Waals surface area contributed by atoms with Gasteiger partial charge >= 0.3 is 0 Å². The van der Waals surface area contributed by atoms with E-state index in [0.29, 0.717) is 17.9 Å². The fraction of sp³-hybridized carbons (Fsp3) is 0.250. The van der Waals surface area contributed by atoms with Crippen molar-refractivity contribution in [3.63, 3.8) is 0 Å². The molecule has 0 spiro atoms. The minimum absolute atomic E-state index is 0.203. The molecule has 0 atom stereocenters. The maximum atomic E-state index is 9.12. The summed E-state index contributed by atoms with van der Waals surface area (Å²) in [6.07, 6.45) is 4.87. The molecule has 2 heterocycles. The average molecular weight is 348 g/mol. The first-order valence-electron chi connectivity index (χ1n) is 8.43. The van der Waals surface area contributed by atoms with E-state index in [1.54, 1.807) is 6.20 Å². The van der Waals surface area contributed by atoms with Crippen LogP contribution in [0, 0.1) is 18.3 Å². The normalized spacial score (nSPS) is 10.5. The van der Waals surface area contributed by atoms with Crippen LogP contribution in [-0.2, 0) is 13.0 Å². The summed E-state index contributed by atoms with van der Waals surface area (Å²) in [6, 6.07) is 12.0. The second-order valence-corrected chi connectivity index (χ2v) is 6.04. The number of H-pyrrole nitrogens is 1. The lowest BCUT2D eigenvalue weighted by molar-refractivity contribution is 0.288. The summed E-state index contributed by atoms with van der Waals surface area (Å²) >= 11 is 0. The Morgan fingerprint density at radius 3 is 2.69 bits per heavy atom. The van der Waals surface area contributed by atoms with Crippen molar-refractivity contribution in [1.29, 1.82) is 5.26 Å². The molecule has 0 bridgehead atoms. The Morgan fingerprint density at radius 2 is 2.00 bits per heavy atom. The highest BCUT2D eigenvalue weighted by molar-refractivity contribution is 5.65. The molecule has 26 heavy (non-hydrogen) atoms. The number of benzene rings is 1. The summed E-state index contributed by atoms with van der Waals surface area (Å²) in [5.41, 5.74) is 4.92. The molecule has 0 saturated heterocycles. The van der Waals surface area contributed by atoms with Crippen molar-refractivity contribution < 1.29 is 9.84 Å². The minimum Gasteiger partial charge on any atom is -0.489 e. The van der Waals surface area contributed by atoms with Crippen LogP contribution in [0.25, 0.3) is 11.4 Å². The number of aryl methyl sites for hydroxylation is 2. The van der Waals surface area contributed by atoms with Crippen LogP contribution in [0.1, 0.15) is 28.7 Å². The van der Waals surface area contributed by atoms with Gasteiger partial charge in [0.1, 0.15) is 24.1 Å². The second kappa shape index (κ2) is 8.28. The number of ether oxygens (including phenoxy) is 1. The van der Waals surface area contributed by atoms with E-state index in [1.165, 1.54) is 11.8 Å². The molecule has 6 heteroatoms. The summed E-state index contributed by atoms with van der Waals surface area (Å²) in [5, 5.41) is 24.7. The Bertz CT molecular complexity index is 910. The van der Waals surface area contributed by atoms with Crippen molar-refractivity contribution in [2.45, 2.75) is 26.4 Å². The molecular formula is C20H20N4O2. The first-order chi connectivity index (χ1) is 12.7. The molecule has 3 aromatic rings. The maximum absolute atomic E-state index is 9.12. The fourth-order valence-corrected chi connectivity index (χ4v) is 2.73. The van der Waals surface area contributed by atoms with Gasteiger partial charge in [0.05, 0.1) is 17.5 Å². The molecule has 3 rings (SSSR count). The van der Waals surface area contributed by atoms with Crippen molar-refractivity contribution in [3.05, 3.63) is 65.0 Å². The van der Waals surface area contributed by atoms with Crippen molar-refractivity contribution in [2.75, 3.05) is 6.61 Å². The van der Waals surface area contributed by atoms with Gasteiger partial charge in [-0.15, -0.1) is 0 Å². The number of aliphatic hydroxyl groups is 1. The zero-order valence-corrected chi connectivity index (χ0v) is 14.6. The van der Waals surface area contributed by atoms with E-state index in [4.69, 9.17) is 15.1 Å². The van der Waals surface area contributed by atoms with Crippen molar-refractivity contribution in [1.82, 2.24) is 15.2 Å². The number of aromatic nitrogens is 3. The lowest BCUT2D eigenvalue weighted by Crippen LogP contribution is -1.99. The van der Waals surface area contributed by atoms with E-state index < -0.39 is 0 Å². The van der Waals surface area contributed by atoms with Crippen LogP contribution in [0.5, 0.6) is 5.75 Å². The quantitative estimate of drug-likeness (QED) is 0.684. The van der Waals surface area contributed by atoms with E-state index in [9.17, 15) is 0 Å². The van der Waals surface area contributed by atoms with E-state index in [1.807, 2.05) is 37.3 Å². The molecule has 0 aliphatic rings. The van der Waals surface area contributed by atoms with Gasteiger partial charge in [-0.05, 0) is 49.1 Å². The zero-order valence-electron chi connectivity index (χ0n) is 14.6. The molecular weight excluding hydrogens is 328 g/mol. The monoisotopic (exact) mass is 348 g/mol. The van der Waals surface area contributed by atoms with Crippen LogP contribution in [-0.4, -0.2) is 26.9 Å². The molecule has 0 aliphatic heterocycles. The Hall–Kier alpha value is -3.17. The molecule has 132 valence electrons. The Kier molecular flexibility index (Phi) is 5.62. The second-order valence-electron chi connectivity index (χ2n) is 6.04. The Labute approximate surface area is 152 Å². The summed E-state index contributed by atoms with van der Waals surface area (Å²) in [4.78, 5) is 4.46. The van der Waals surface area contributed by atoms with Crippen molar-refractivity contribution in [2.24, 2.45) is 0 Å². The van der Waals surface area contributed by atoms with E-state index >= 15 is 0 Å². The average Bonchev–Trinajstić information content (AvgIpc) is 3.14. The number of rotatable bonds is 7. The van der Waals surface area contributed by atoms with Gasteiger partial charge in [-0.25, -0.2) is 0 Å². The molecule has 2 aromatic heterocycles. The molecule has 1 aromatic carbocycles. The van der Waals surface area contributed by atoms with Gasteiger partial charge in [-0.2, -0.15) is 10.4 Å². The Morgan fingerprint density at radius 1 is 1.19 bits per heavy atom. The van der Waals surface area contributed by atoms with Crippen LogP contribution in [0.4, 0.5) is 0 Å². The number of hydrogen-bond donors (Lipinski definition) is 2. The third kappa shape index (κ3) is 4.08. The van der Waals surface area contributed by atoms with Crippen LogP contribution in [0.3, 0.4) is 0 Å². The fourth-order valence-electron chi connectivity index (χ4n) is 2.73. The number of hydrogen-bond acceptors (Lipinski definition) is 5. The molecule has 0 amide bonds. The molecule has 2 N–H and O–H groups in total. The van der Waals surface area contributed by atoms with Crippen LogP contribution in [0.15, 0.2) is 42.7 Å². The predicted molar refractivity (Wildman–Crippen MR) is 97.5 cm³/mol. The highest BCUT2D eigenvalue weighted by atomic mass is 16.5. The molecule has 6 nitrogen and oxygen atoms in total. The summed E-state index contributed by atoms with van der Waals surface area (Å²) < 4.78 is 5.82. The molecule has 0 fully saturated rings. The first-order valence-corrected chi connectivity index (χ1v) is 8.43. The first kappa shape index (κ1) is 17.6. The number of pyridine rings is 1. The lowest BCUT2D eigenvalue weighted by Gasteiger charge is -2.09. The molecule has 0 unspecified atom stereocenters. The van der Waals surface area contributed by atoms with Gasteiger partial charge in [-0.1, -0.05) is 12.1 Å². The smallest absolute Gasteiger partial charge is 0.119 e. The van der Waals surface area contributed by atoms with Gasteiger partial charge in [-0.3, -0.25) is 10.1 Å². The number of nitriles is 1. The zero-order chi connectivity index (χ0) is 18.4. The van der Waals surface area contributed by atoms with Crippen LogP contribution in [0.2, 0.25) is 0 Å². The van der Waals surface area contributed by atoms with Crippen LogP contribution < -0.4 is 4.74 Å². The van der Waals surface area contributed by atoms with Crippen LogP contribution >= 0.6 is 0 Å². The number of nitrogens with zero attached hydrogens (tertiary/aromatic N) is 3. The van der Waals surface area contributed by atoms with Crippen molar-refractivity contribution >= 4 is 0 Å². The Balaban J connectivity index is 1.66. The van der Waals surface area contributed by atoms with E-state index in [0.717, 1.165) is 35.4 Å². The summed E-state index contributed by atoms with van der Waals surface area (Å²) in [5.74, 6) is 0.791. The van der Waals surface area contributed by atoms with Gasteiger partial charge < -0.3 is 9.84 Å². The van der Waals surface area contributed by atoms with E-state index in [2.05, 4.69) is 21.3 Å². The summed E-state index contributed by atoms with van der Waals surface area (Å²) in [7, 11) is 0. The highest BCUT2D eigenvalue weighted by Crippen LogP contribution is 2.23. The maximum Gasteiger partial charge on any atom is 0.119 e. The van der Waals surface area contributed by atoms with Gasteiger partial charge in [0.25, 0.3) is 0 Å². The van der Waals surface area contributed by atoms with Gasteiger partial charge in [0.2, 0.25) is 0 Å². The SMILES string of the molecule is Cc1cc(COc2ccc(CCCO)cc2)cnc1-c1[nH]ncc1C#N. The number of aliphatic hydroxyl groups excluding tert-OH is 1. The number of nitrogens with one attached hydrogen (secondary N) is 1. The molecule has 0 saturated carbocycles. The minimum atomic E-state index is 0.203. The highest BCUT2D eigenvalue weighted by Gasteiger charge is 2.12. The third-order valence-corrected chi connectivity index (χ3v) is 4.08.